The Morgan fingerprint density at radius 3 is 2.19 bits per heavy atom. The smallest absolute Gasteiger partial charge is 0.276 e. The van der Waals surface area contributed by atoms with Crippen LogP contribution in [0.2, 0.25) is 0 Å². The van der Waals surface area contributed by atoms with Crippen molar-refractivity contribution in [3.8, 4) is 0 Å². The second kappa shape index (κ2) is 9.78. The number of nitrogens with one attached hydrogen (secondary N) is 4. The molecular formula is C20H19N7O4. The molecule has 2 amide bonds. The molecule has 0 aliphatic carbocycles. The zero-order valence-corrected chi connectivity index (χ0v) is 16.5. The van der Waals surface area contributed by atoms with E-state index >= 15 is 0 Å². The van der Waals surface area contributed by atoms with Gasteiger partial charge in [-0.05, 0) is 24.1 Å². The third-order valence-electron chi connectivity index (χ3n) is 4.22. The van der Waals surface area contributed by atoms with Crippen LogP contribution in [-0.2, 0) is 11.2 Å². The maximum absolute atomic E-state index is 12.3. The van der Waals surface area contributed by atoms with Crippen LogP contribution in [0.3, 0.4) is 0 Å². The predicted molar refractivity (Wildman–Crippen MR) is 113 cm³/mol. The first kappa shape index (κ1) is 21.2. The molecule has 0 aliphatic heterocycles. The van der Waals surface area contributed by atoms with Crippen LogP contribution in [0, 0.1) is 17.0 Å². The van der Waals surface area contributed by atoms with Crippen molar-refractivity contribution in [1.82, 2.24) is 20.8 Å². The molecule has 0 saturated heterocycles. The molecule has 0 atom stereocenters. The van der Waals surface area contributed by atoms with Crippen LogP contribution in [0.15, 0.2) is 60.9 Å². The molecule has 158 valence electrons. The largest absolute Gasteiger partial charge is 0.356 e. The maximum atomic E-state index is 12.3. The number of amides is 2. The van der Waals surface area contributed by atoms with Crippen LogP contribution in [0.5, 0.6) is 0 Å². The van der Waals surface area contributed by atoms with E-state index in [9.17, 15) is 19.7 Å². The Bertz CT molecular complexity index is 1110. The first-order valence-corrected chi connectivity index (χ1v) is 9.16. The van der Waals surface area contributed by atoms with Gasteiger partial charge in [0.15, 0.2) is 0 Å². The number of hydrazine groups is 2. The van der Waals surface area contributed by atoms with Gasteiger partial charge in [-0.2, -0.15) is 0 Å². The molecule has 31 heavy (non-hydrogen) atoms. The lowest BCUT2D eigenvalue weighted by Gasteiger charge is -2.12. The van der Waals surface area contributed by atoms with Gasteiger partial charge in [0.1, 0.15) is 6.33 Å². The van der Waals surface area contributed by atoms with Crippen molar-refractivity contribution >= 4 is 29.1 Å². The van der Waals surface area contributed by atoms with Crippen LogP contribution in [-0.4, -0.2) is 26.7 Å². The van der Waals surface area contributed by atoms with E-state index in [1.807, 2.05) is 6.07 Å². The van der Waals surface area contributed by atoms with Gasteiger partial charge in [0, 0.05) is 5.56 Å². The molecule has 1 heterocycles. The number of hydrogen-bond donors (Lipinski definition) is 4. The van der Waals surface area contributed by atoms with Gasteiger partial charge in [0.2, 0.25) is 17.5 Å². The minimum absolute atomic E-state index is 0.0737. The Balaban J connectivity index is 1.69. The molecule has 0 bridgehead atoms. The average molecular weight is 421 g/mol. The molecule has 3 aromatic rings. The second-order valence-electron chi connectivity index (χ2n) is 6.41. The highest BCUT2D eigenvalue weighted by atomic mass is 16.6. The molecule has 0 unspecified atom stereocenters. The lowest BCUT2D eigenvalue weighted by molar-refractivity contribution is -0.383. The lowest BCUT2D eigenvalue weighted by Crippen LogP contribution is -2.33. The number of hydrogen-bond acceptors (Lipinski definition) is 8. The third kappa shape index (κ3) is 5.50. The number of carbonyl (C=O) groups is 2. The zero-order chi connectivity index (χ0) is 22.2. The van der Waals surface area contributed by atoms with Crippen LogP contribution < -0.4 is 21.7 Å². The average Bonchev–Trinajstić information content (AvgIpc) is 2.76. The molecule has 2 aromatic carbocycles. The molecule has 0 saturated carbocycles. The first-order valence-electron chi connectivity index (χ1n) is 9.16. The van der Waals surface area contributed by atoms with E-state index in [1.165, 1.54) is 0 Å². The minimum Gasteiger partial charge on any atom is -0.276 e. The number of benzene rings is 2. The van der Waals surface area contributed by atoms with Crippen molar-refractivity contribution in [3.05, 3.63) is 87.7 Å². The highest BCUT2D eigenvalue weighted by Gasteiger charge is 2.24. The van der Waals surface area contributed by atoms with Gasteiger partial charge in [-0.1, -0.05) is 48.5 Å². The summed E-state index contributed by atoms with van der Waals surface area (Å²) >= 11 is 0. The van der Waals surface area contributed by atoms with Crippen molar-refractivity contribution in [2.24, 2.45) is 0 Å². The molecule has 11 heteroatoms. The van der Waals surface area contributed by atoms with E-state index < -0.39 is 22.4 Å². The number of rotatable bonds is 8. The first-order chi connectivity index (χ1) is 15.0. The van der Waals surface area contributed by atoms with E-state index in [0.717, 1.165) is 17.5 Å². The monoisotopic (exact) mass is 421 g/mol. The Hall–Kier alpha value is -4.54. The van der Waals surface area contributed by atoms with Gasteiger partial charge < -0.3 is 0 Å². The molecule has 4 N–H and O–H groups in total. The Labute approximate surface area is 177 Å². The van der Waals surface area contributed by atoms with Gasteiger partial charge in [0.05, 0.1) is 11.3 Å². The number of carbonyl (C=O) groups excluding carboxylic acids is 2. The normalized spacial score (nSPS) is 10.1. The summed E-state index contributed by atoms with van der Waals surface area (Å²) in [6, 6.07) is 15.9. The fraction of sp³-hybridized carbons (Fsp3) is 0.100. The number of nitro groups is 1. The fourth-order valence-corrected chi connectivity index (χ4v) is 2.70. The summed E-state index contributed by atoms with van der Waals surface area (Å²) in [5.41, 5.74) is 11.0. The number of nitrogens with zero attached hydrogens (tertiary/aromatic N) is 3. The van der Waals surface area contributed by atoms with Crippen molar-refractivity contribution in [3.63, 3.8) is 0 Å². The minimum atomic E-state index is -0.728. The lowest BCUT2D eigenvalue weighted by atomic mass is 10.1. The van der Waals surface area contributed by atoms with Crippen molar-refractivity contribution < 1.29 is 14.5 Å². The molecule has 0 radical (unpaired) electrons. The molecule has 0 aliphatic rings. The zero-order valence-electron chi connectivity index (χ0n) is 16.5. The Kier molecular flexibility index (Phi) is 6.68. The Morgan fingerprint density at radius 1 is 0.935 bits per heavy atom. The van der Waals surface area contributed by atoms with Crippen LogP contribution >= 0.6 is 0 Å². The predicted octanol–water partition coefficient (Wildman–Crippen LogP) is 2.14. The van der Waals surface area contributed by atoms with Crippen molar-refractivity contribution in [2.45, 2.75) is 13.3 Å². The van der Waals surface area contributed by atoms with Crippen LogP contribution in [0.25, 0.3) is 0 Å². The summed E-state index contributed by atoms with van der Waals surface area (Å²) in [5.74, 6) is -1.39. The molecule has 3 rings (SSSR count). The quantitative estimate of drug-likeness (QED) is 0.319. The second-order valence-corrected chi connectivity index (χ2v) is 6.41. The number of aryl methyl sites for hydroxylation is 1. The SMILES string of the molecule is Cc1ccccc1C(=O)NNc1ncnc(NNC(=O)Cc2ccccc2)c1[N+](=O)[O-]. The van der Waals surface area contributed by atoms with E-state index in [4.69, 9.17) is 0 Å². The topological polar surface area (TPSA) is 151 Å². The third-order valence-corrected chi connectivity index (χ3v) is 4.22. The van der Waals surface area contributed by atoms with E-state index in [0.29, 0.717) is 5.56 Å². The summed E-state index contributed by atoms with van der Waals surface area (Å²) in [4.78, 5) is 42.9. The van der Waals surface area contributed by atoms with Gasteiger partial charge in [-0.25, -0.2) is 9.97 Å². The molecule has 0 spiro atoms. The summed E-state index contributed by atoms with van der Waals surface area (Å²) in [6.45, 7) is 1.77. The van der Waals surface area contributed by atoms with E-state index in [2.05, 4.69) is 31.7 Å². The van der Waals surface area contributed by atoms with Gasteiger partial charge in [0.25, 0.3) is 5.91 Å². The summed E-state index contributed by atoms with van der Waals surface area (Å²) in [7, 11) is 0. The van der Waals surface area contributed by atoms with Gasteiger partial charge in [-0.3, -0.25) is 41.4 Å². The van der Waals surface area contributed by atoms with Crippen LogP contribution in [0.4, 0.5) is 17.3 Å². The summed E-state index contributed by atoms with van der Waals surface area (Å²) in [5, 5.41) is 11.6. The van der Waals surface area contributed by atoms with Gasteiger partial charge >= 0.3 is 5.69 Å². The number of aromatic nitrogens is 2. The standard InChI is InChI=1S/C20H19N7O4/c1-13-7-5-6-10-15(13)20(29)26-25-19-17(27(30)31)18(21-12-22-19)24-23-16(28)11-14-8-3-2-4-9-14/h2-10,12H,11H2,1H3,(H,23,28)(H,26,29)(H2,21,22,24,25). The van der Waals surface area contributed by atoms with E-state index in [-0.39, 0.29) is 18.1 Å². The van der Waals surface area contributed by atoms with E-state index in [1.54, 1.807) is 55.5 Å². The molecular weight excluding hydrogens is 402 g/mol. The molecule has 11 nitrogen and oxygen atoms in total. The highest BCUT2D eigenvalue weighted by molar-refractivity contribution is 5.96. The van der Waals surface area contributed by atoms with Crippen LogP contribution in [0.1, 0.15) is 21.5 Å². The summed E-state index contributed by atoms with van der Waals surface area (Å²) in [6.07, 6.45) is 1.13. The summed E-state index contributed by atoms with van der Waals surface area (Å²) < 4.78 is 0. The Morgan fingerprint density at radius 2 is 1.55 bits per heavy atom. The van der Waals surface area contributed by atoms with Crippen molar-refractivity contribution in [2.75, 3.05) is 10.9 Å². The highest BCUT2D eigenvalue weighted by Crippen LogP contribution is 2.27. The molecule has 0 fully saturated rings. The van der Waals surface area contributed by atoms with Gasteiger partial charge in [-0.15, -0.1) is 0 Å². The maximum Gasteiger partial charge on any atom is 0.356 e. The number of anilines is 2. The fourth-order valence-electron chi connectivity index (χ4n) is 2.70. The molecule has 1 aromatic heterocycles. The van der Waals surface area contributed by atoms with Crippen molar-refractivity contribution in [1.29, 1.82) is 0 Å².